The minimum atomic E-state index is -0.816. The molecule has 0 aromatic heterocycles. The number of nitrogens with one attached hydrogen (secondary N) is 2. The molecular weight excluding hydrogens is 208 g/mol. The van der Waals surface area contributed by atoms with Gasteiger partial charge in [-0.05, 0) is 31.8 Å². The van der Waals surface area contributed by atoms with Crippen LogP contribution in [-0.4, -0.2) is 36.6 Å². The Bertz CT molecular complexity index is 250. The Morgan fingerprint density at radius 2 is 2.06 bits per heavy atom. The quantitative estimate of drug-likeness (QED) is 0.628. The van der Waals surface area contributed by atoms with Crippen molar-refractivity contribution in [1.29, 1.82) is 0 Å². The summed E-state index contributed by atoms with van der Waals surface area (Å²) in [6.45, 7) is 4.07. The van der Waals surface area contributed by atoms with Gasteiger partial charge in [-0.2, -0.15) is 0 Å². The van der Waals surface area contributed by atoms with Crippen LogP contribution < -0.4 is 10.6 Å². The fourth-order valence-corrected chi connectivity index (χ4v) is 1.87. The van der Waals surface area contributed by atoms with Crippen LogP contribution in [0, 0.1) is 11.8 Å². The SMILES string of the molecule is CC(CNC(=O)C1CCNCC1)CC(=O)O. The zero-order valence-corrected chi connectivity index (χ0v) is 9.66. The highest BCUT2D eigenvalue weighted by atomic mass is 16.4. The van der Waals surface area contributed by atoms with Crippen molar-refractivity contribution >= 4 is 11.9 Å². The van der Waals surface area contributed by atoms with Crippen molar-refractivity contribution in [2.24, 2.45) is 11.8 Å². The molecule has 1 fully saturated rings. The molecule has 16 heavy (non-hydrogen) atoms. The van der Waals surface area contributed by atoms with Gasteiger partial charge in [-0.15, -0.1) is 0 Å². The zero-order chi connectivity index (χ0) is 12.0. The molecule has 1 unspecified atom stereocenters. The van der Waals surface area contributed by atoms with Gasteiger partial charge in [0.2, 0.25) is 5.91 Å². The predicted molar refractivity (Wildman–Crippen MR) is 60.0 cm³/mol. The standard InChI is InChI=1S/C11H20N2O3/c1-8(6-10(14)15)7-13-11(16)9-2-4-12-5-3-9/h8-9,12H,2-7H2,1H3,(H,13,16)(H,14,15). The van der Waals surface area contributed by atoms with Crippen molar-refractivity contribution < 1.29 is 14.7 Å². The van der Waals surface area contributed by atoms with E-state index in [1.165, 1.54) is 0 Å². The van der Waals surface area contributed by atoms with E-state index >= 15 is 0 Å². The monoisotopic (exact) mass is 228 g/mol. The fourth-order valence-electron chi connectivity index (χ4n) is 1.87. The summed E-state index contributed by atoms with van der Waals surface area (Å²) in [6.07, 6.45) is 1.85. The summed E-state index contributed by atoms with van der Waals surface area (Å²) in [7, 11) is 0. The molecule has 3 N–H and O–H groups in total. The average molecular weight is 228 g/mol. The van der Waals surface area contributed by atoms with Crippen LogP contribution in [0.25, 0.3) is 0 Å². The van der Waals surface area contributed by atoms with Crippen molar-refractivity contribution in [2.75, 3.05) is 19.6 Å². The normalized spacial score (nSPS) is 19.1. The van der Waals surface area contributed by atoms with Gasteiger partial charge in [0.05, 0.1) is 0 Å². The molecule has 1 atom stereocenters. The summed E-state index contributed by atoms with van der Waals surface area (Å²) in [5, 5.41) is 14.6. The molecule has 5 heteroatoms. The summed E-state index contributed by atoms with van der Waals surface area (Å²) in [6, 6.07) is 0. The van der Waals surface area contributed by atoms with Crippen LogP contribution in [0.1, 0.15) is 26.2 Å². The lowest BCUT2D eigenvalue weighted by molar-refractivity contribution is -0.138. The van der Waals surface area contributed by atoms with E-state index in [4.69, 9.17) is 5.11 Å². The average Bonchev–Trinajstić information content (AvgIpc) is 2.26. The number of hydrogen-bond donors (Lipinski definition) is 3. The smallest absolute Gasteiger partial charge is 0.303 e. The van der Waals surface area contributed by atoms with Gasteiger partial charge in [-0.3, -0.25) is 9.59 Å². The molecule has 1 amide bonds. The van der Waals surface area contributed by atoms with E-state index < -0.39 is 5.97 Å². The van der Waals surface area contributed by atoms with Gasteiger partial charge in [0.25, 0.3) is 0 Å². The third kappa shape index (κ3) is 4.61. The van der Waals surface area contributed by atoms with Crippen LogP contribution in [0.15, 0.2) is 0 Å². The molecule has 1 heterocycles. The maximum atomic E-state index is 11.7. The van der Waals surface area contributed by atoms with Gasteiger partial charge >= 0.3 is 5.97 Å². The molecule has 5 nitrogen and oxygen atoms in total. The first kappa shape index (κ1) is 13.0. The van der Waals surface area contributed by atoms with Crippen molar-refractivity contribution in [3.05, 3.63) is 0 Å². The van der Waals surface area contributed by atoms with E-state index in [1.54, 1.807) is 0 Å². The Kier molecular flexibility index (Phi) is 5.25. The van der Waals surface area contributed by atoms with E-state index in [9.17, 15) is 9.59 Å². The van der Waals surface area contributed by atoms with Gasteiger partial charge in [-0.1, -0.05) is 6.92 Å². The van der Waals surface area contributed by atoms with E-state index in [1.807, 2.05) is 6.92 Å². The number of aliphatic carboxylic acids is 1. The minimum Gasteiger partial charge on any atom is -0.481 e. The number of rotatable bonds is 5. The molecule has 0 aromatic carbocycles. The first-order valence-electron chi connectivity index (χ1n) is 5.80. The molecule has 0 aliphatic carbocycles. The van der Waals surface area contributed by atoms with Crippen LogP contribution in [0.3, 0.4) is 0 Å². The van der Waals surface area contributed by atoms with E-state index in [2.05, 4.69) is 10.6 Å². The number of carboxylic acid groups (broad SMARTS) is 1. The number of amides is 1. The maximum Gasteiger partial charge on any atom is 0.303 e. The third-order valence-corrected chi connectivity index (χ3v) is 2.86. The Hall–Kier alpha value is -1.10. The van der Waals surface area contributed by atoms with Gasteiger partial charge in [0.15, 0.2) is 0 Å². The second-order valence-corrected chi connectivity index (χ2v) is 4.47. The van der Waals surface area contributed by atoms with Gasteiger partial charge in [-0.25, -0.2) is 0 Å². The molecule has 92 valence electrons. The highest BCUT2D eigenvalue weighted by molar-refractivity contribution is 5.78. The topological polar surface area (TPSA) is 78.4 Å². The van der Waals surface area contributed by atoms with Crippen LogP contribution >= 0.6 is 0 Å². The van der Waals surface area contributed by atoms with Gasteiger partial charge in [0.1, 0.15) is 0 Å². The lowest BCUT2D eigenvalue weighted by Crippen LogP contribution is -2.39. The molecule has 1 aliphatic heterocycles. The number of carbonyl (C=O) groups excluding carboxylic acids is 1. The number of carbonyl (C=O) groups is 2. The summed E-state index contributed by atoms with van der Waals surface area (Å²) >= 11 is 0. The number of hydrogen-bond acceptors (Lipinski definition) is 3. The van der Waals surface area contributed by atoms with E-state index in [-0.39, 0.29) is 24.2 Å². The zero-order valence-electron chi connectivity index (χ0n) is 9.66. The third-order valence-electron chi connectivity index (χ3n) is 2.86. The first-order chi connectivity index (χ1) is 7.59. The summed E-state index contributed by atoms with van der Waals surface area (Å²) in [4.78, 5) is 22.1. The lowest BCUT2D eigenvalue weighted by Gasteiger charge is -2.22. The largest absolute Gasteiger partial charge is 0.481 e. The van der Waals surface area contributed by atoms with Crippen LogP contribution in [0.4, 0.5) is 0 Å². The molecule has 0 aromatic rings. The molecule has 0 bridgehead atoms. The minimum absolute atomic E-state index is 0.0110. The van der Waals surface area contributed by atoms with Crippen molar-refractivity contribution in [2.45, 2.75) is 26.2 Å². The predicted octanol–water partition coefficient (Wildman–Crippen LogP) is 0.213. The van der Waals surface area contributed by atoms with Crippen LogP contribution in [0.5, 0.6) is 0 Å². The Labute approximate surface area is 95.6 Å². The maximum absolute atomic E-state index is 11.7. The molecule has 1 saturated heterocycles. The first-order valence-corrected chi connectivity index (χ1v) is 5.80. The second kappa shape index (κ2) is 6.48. The highest BCUT2D eigenvalue weighted by Gasteiger charge is 2.21. The number of carboxylic acids is 1. The molecule has 0 spiro atoms. The summed E-state index contributed by atoms with van der Waals surface area (Å²) in [5.41, 5.74) is 0. The van der Waals surface area contributed by atoms with Crippen LogP contribution in [0.2, 0.25) is 0 Å². The Morgan fingerprint density at radius 3 is 2.62 bits per heavy atom. The lowest BCUT2D eigenvalue weighted by atomic mass is 9.97. The van der Waals surface area contributed by atoms with E-state index in [0.29, 0.717) is 6.54 Å². The van der Waals surface area contributed by atoms with Gasteiger partial charge < -0.3 is 15.7 Å². The highest BCUT2D eigenvalue weighted by Crippen LogP contribution is 2.11. The molecule has 1 rings (SSSR count). The molecule has 0 saturated carbocycles. The van der Waals surface area contributed by atoms with Crippen molar-refractivity contribution in [1.82, 2.24) is 10.6 Å². The fraction of sp³-hybridized carbons (Fsp3) is 0.818. The van der Waals surface area contributed by atoms with Crippen molar-refractivity contribution in [3.8, 4) is 0 Å². The molecular formula is C11H20N2O3. The summed E-state index contributed by atoms with van der Waals surface area (Å²) < 4.78 is 0. The summed E-state index contributed by atoms with van der Waals surface area (Å²) in [5.74, 6) is -0.663. The van der Waals surface area contributed by atoms with Crippen molar-refractivity contribution in [3.63, 3.8) is 0 Å². The van der Waals surface area contributed by atoms with Crippen LogP contribution in [-0.2, 0) is 9.59 Å². The number of piperidine rings is 1. The van der Waals surface area contributed by atoms with E-state index in [0.717, 1.165) is 25.9 Å². The Morgan fingerprint density at radius 1 is 1.44 bits per heavy atom. The molecule has 0 radical (unpaired) electrons. The molecule has 1 aliphatic rings. The second-order valence-electron chi connectivity index (χ2n) is 4.47. The Balaban J connectivity index is 2.20. The van der Waals surface area contributed by atoms with Gasteiger partial charge in [0, 0.05) is 18.9 Å².